The maximum atomic E-state index is 5.85. The smallest absolute Gasteiger partial charge is 0.137 e. The van der Waals surface area contributed by atoms with E-state index >= 15 is 0 Å². The van der Waals surface area contributed by atoms with Crippen LogP contribution in [0.15, 0.2) is 18.2 Å². The molecule has 2 aromatic rings. The van der Waals surface area contributed by atoms with Crippen molar-refractivity contribution in [1.82, 2.24) is 10.2 Å². The van der Waals surface area contributed by atoms with Gasteiger partial charge in [0.1, 0.15) is 5.01 Å². The summed E-state index contributed by atoms with van der Waals surface area (Å²) >= 11 is 18.6. The van der Waals surface area contributed by atoms with Crippen molar-refractivity contribution in [3.05, 3.63) is 32.7 Å². The number of hydrogen-bond acceptors (Lipinski definition) is 3. The topological polar surface area (TPSA) is 25.8 Å². The van der Waals surface area contributed by atoms with Crippen molar-refractivity contribution in [2.75, 3.05) is 0 Å². The summed E-state index contributed by atoms with van der Waals surface area (Å²) in [5, 5.41) is 9.43. The monoisotopic (exact) mass is 264 g/mol. The summed E-state index contributed by atoms with van der Waals surface area (Å²) in [6.07, 6.45) is 0. The molecule has 0 saturated heterocycles. The third-order valence-electron chi connectivity index (χ3n) is 1.51. The van der Waals surface area contributed by atoms with Gasteiger partial charge in [-0.15, -0.1) is 10.2 Å². The molecule has 0 N–H and O–H groups in total. The molecule has 2 rings (SSSR count). The lowest BCUT2D eigenvalue weighted by Gasteiger charge is -1.97. The molecule has 0 aliphatic carbocycles. The minimum absolute atomic E-state index is 0.399. The fourth-order valence-electron chi connectivity index (χ4n) is 0.999. The maximum Gasteiger partial charge on any atom is 0.207 e. The molecule has 6 heteroatoms. The second-order valence-corrected chi connectivity index (χ2v) is 4.95. The van der Waals surface area contributed by atoms with Gasteiger partial charge < -0.3 is 0 Å². The van der Waals surface area contributed by atoms with Crippen molar-refractivity contribution in [2.45, 2.75) is 0 Å². The molecule has 0 saturated carbocycles. The zero-order valence-corrected chi connectivity index (χ0v) is 9.75. The number of rotatable bonds is 1. The lowest BCUT2D eigenvalue weighted by molar-refractivity contribution is 1.10. The third-order valence-corrected chi connectivity index (χ3v) is 3.01. The first-order valence-electron chi connectivity index (χ1n) is 3.60. The zero-order valence-electron chi connectivity index (χ0n) is 6.67. The van der Waals surface area contributed by atoms with Crippen LogP contribution in [0, 0.1) is 0 Å². The predicted molar refractivity (Wildman–Crippen MR) is 60.4 cm³/mol. The highest BCUT2D eigenvalue weighted by molar-refractivity contribution is 7.18. The molecule has 1 aromatic carbocycles. The van der Waals surface area contributed by atoms with Crippen LogP contribution >= 0.6 is 46.1 Å². The van der Waals surface area contributed by atoms with E-state index in [0.29, 0.717) is 19.5 Å². The molecule has 0 spiro atoms. The Morgan fingerprint density at radius 2 is 1.57 bits per heavy atom. The van der Waals surface area contributed by atoms with Gasteiger partial charge in [0.05, 0.1) is 0 Å². The molecule has 2 nitrogen and oxygen atoms in total. The summed E-state index contributed by atoms with van der Waals surface area (Å²) in [7, 11) is 0. The van der Waals surface area contributed by atoms with E-state index in [9.17, 15) is 0 Å². The van der Waals surface area contributed by atoms with Crippen LogP contribution in [0.4, 0.5) is 0 Å². The second kappa shape index (κ2) is 4.03. The molecule has 72 valence electrons. The van der Waals surface area contributed by atoms with Gasteiger partial charge in [-0.2, -0.15) is 0 Å². The van der Waals surface area contributed by atoms with Crippen LogP contribution in [0.25, 0.3) is 10.6 Å². The van der Waals surface area contributed by atoms with Crippen molar-refractivity contribution < 1.29 is 0 Å². The van der Waals surface area contributed by atoms with E-state index in [1.54, 1.807) is 18.2 Å². The highest BCUT2D eigenvalue weighted by Gasteiger charge is 2.06. The van der Waals surface area contributed by atoms with E-state index < -0.39 is 0 Å². The van der Waals surface area contributed by atoms with Crippen LogP contribution < -0.4 is 0 Å². The van der Waals surface area contributed by atoms with E-state index in [1.807, 2.05) is 0 Å². The quantitative estimate of drug-likeness (QED) is 0.773. The first-order valence-corrected chi connectivity index (χ1v) is 5.55. The maximum absolute atomic E-state index is 5.85. The SMILES string of the molecule is Clc1cc(Cl)cc(-c2nnc(Cl)s2)c1. The highest BCUT2D eigenvalue weighted by Crippen LogP contribution is 2.30. The van der Waals surface area contributed by atoms with Crippen LogP contribution in [0.2, 0.25) is 14.5 Å². The first-order chi connectivity index (χ1) is 6.65. The highest BCUT2D eigenvalue weighted by atomic mass is 35.5. The Hall–Kier alpha value is -0.350. The number of aromatic nitrogens is 2. The largest absolute Gasteiger partial charge is 0.207 e. The van der Waals surface area contributed by atoms with Gasteiger partial charge in [0, 0.05) is 15.6 Å². The fraction of sp³-hybridized carbons (Fsp3) is 0. The standard InChI is InChI=1S/C8H3Cl3N2S/c9-5-1-4(2-6(10)3-5)7-12-13-8(11)14-7/h1-3H. The molecular formula is C8H3Cl3N2S. The van der Waals surface area contributed by atoms with E-state index in [4.69, 9.17) is 34.8 Å². The van der Waals surface area contributed by atoms with Crippen LogP contribution in [-0.2, 0) is 0 Å². The first kappa shape index (κ1) is 10.2. The summed E-state index contributed by atoms with van der Waals surface area (Å²) < 4.78 is 0.399. The number of benzene rings is 1. The van der Waals surface area contributed by atoms with Crippen molar-refractivity contribution in [3.8, 4) is 10.6 Å². The lowest BCUT2D eigenvalue weighted by atomic mass is 10.2. The minimum atomic E-state index is 0.399. The molecule has 0 bridgehead atoms. The average molecular weight is 266 g/mol. The second-order valence-electron chi connectivity index (χ2n) is 2.52. The summed E-state index contributed by atoms with van der Waals surface area (Å²) in [4.78, 5) is 0. The van der Waals surface area contributed by atoms with Crippen molar-refractivity contribution >= 4 is 46.1 Å². The summed E-state index contributed by atoms with van der Waals surface area (Å²) in [6, 6.07) is 5.20. The molecule has 0 atom stereocenters. The van der Waals surface area contributed by atoms with Crippen molar-refractivity contribution in [3.63, 3.8) is 0 Å². The van der Waals surface area contributed by atoms with Gasteiger partial charge in [-0.3, -0.25) is 0 Å². The summed E-state index contributed by atoms with van der Waals surface area (Å²) in [5.41, 5.74) is 0.826. The Balaban J connectivity index is 2.51. The van der Waals surface area contributed by atoms with Crippen LogP contribution in [0.3, 0.4) is 0 Å². The van der Waals surface area contributed by atoms with Gasteiger partial charge in [-0.1, -0.05) is 34.5 Å². The molecule has 1 heterocycles. The Morgan fingerprint density at radius 1 is 0.929 bits per heavy atom. The lowest BCUT2D eigenvalue weighted by Crippen LogP contribution is -1.77. The normalized spacial score (nSPS) is 10.5. The molecule has 0 aliphatic heterocycles. The van der Waals surface area contributed by atoms with E-state index in [1.165, 1.54) is 11.3 Å². The third kappa shape index (κ3) is 2.17. The average Bonchev–Trinajstić information content (AvgIpc) is 2.50. The van der Waals surface area contributed by atoms with Crippen molar-refractivity contribution in [1.29, 1.82) is 0 Å². The van der Waals surface area contributed by atoms with Crippen LogP contribution in [-0.4, -0.2) is 10.2 Å². The van der Waals surface area contributed by atoms with Gasteiger partial charge in [-0.05, 0) is 29.8 Å². The molecule has 0 unspecified atom stereocenters. The Kier molecular flexibility index (Phi) is 2.93. The Labute approximate surface area is 99.4 Å². The summed E-state index contributed by atoms with van der Waals surface area (Å²) in [5.74, 6) is 0. The van der Waals surface area contributed by atoms with Crippen LogP contribution in [0.1, 0.15) is 0 Å². The van der Waals surface area contributed by atoms with Gasteiger partial charge in [0.2, 0.25) is 4.47 Å². The van der Waals surface area contributed by atoms with E-state index in [-0.39, 0.29) is 0 Å². The summed E-state index contributed by atoms with van der Waals surface area (Å²) in [6.45, 7) is 0. The molecular weight excluding hydrogens is 263 g/mol. The molecule has 0 amide bonds. The molecule has 0 aliphatic rings. The fourth-order valence-corrected chi connectivity index (χ4v) is 2.34. The number of hydrogen-bond donors (Lipinski definition) is 0. The number of halogens is 3. The number of nitrogens with zero attached hydrogens (tertiary/aromatic N) is 2. The van der Waals surface area contributed by atoms with E-state index in [0.717, 1.165) is 5.56 Å². The molecule has 1 aromatic heterocycles. The van der Waals surface area contributed by atoms with Gasteiger partial charge in [0.15, 0.2) is 0 Å². The van der Waals surface area contributed by atoms with Gasteiger partial charge in [-0.25, -0.2) is 0 Å². The van der Waals surface area contributed by atoms with Gasteiger partial charge >= 0.3 is 0 Å². The molecule has 14 heavy (non-hydrogen) atoms. The van der Waals surface area contributed by atoms with Crippen molar-refractivity contribution in [2.24, 2.45) is 0 Å². The van der Waals surface area contributed by atoms with Gasteiger partial charge in [0.25, 0.3) is 0 Å². The van der Waals surface area contributed by atoms with Crippen LogP contribution in [0.5, 0.6) is 0 Å². The minimum Gasteiger partial charge on any atom is -0.137 e. The molecule has 0 fully saturated rings. The zero-order chi connectivity index (χ0) is 10.1. The predicted octanol–water partition coefficient (Wildman–Crippen LogP) is 4.17. The van der Waals surface area contributed by atoms with E-state index in [2.05, 4.69) is 10.2 Å². The Bertz CT molecular complexity index is 449. The Morgan fingerprint density at radius 3 is 2.07 bits per heavy atom. The molecule has 0 radical (unpaired) electrons.